The molecule has 1 saturated heterocycles. The minimum absolute atomic E-state index is 0.255. The van der Waals surface area contributed by atoms with E-state index in [9.17, 15) is 0 Å². The molecule has 0 radical (unpaired) electrons. The first-order valence-corrected chi connectivity index (χ1v) is 6.92. The van der Waals surface area contributed by atoms with Crippen molar-refractivity contribution in [3.63, 3.8) is 0 Å². The molecule has 0 aliphatic carbocycles. The highest BCUT2D eigenvalue weighted by Gasteiger charge is 2.22. The van der Waals surface area contributed by atoms with Gasteiger partial charge in [0.1, 0.15) is 0 Å². The van der Waals surface area contributed by atoms with Gasteiger partial charge in [-0.25, -0.2) is 0 Å². The van der Waals surface area contributed by atoms with Crippen LogP contribution in [0.1, 0.15) is 19.4 Å². The third-order valence-corrected chi connectivity index (χ3v) is 3.99. The lowest BCUT2D eigenvalue weighted by Gasteiger charge is -2.39. The SMILES string of the molecule is CC(N)C(C)N1CCN(Cc2ccccc2)CC1. The molecule has 1 aromatic carbocycles. The Balaban J connectivity index is 1.80. The van der Waals surface area contributed by atoms with Crippen molar-refractivity contribution >= 4 is 0 Å². The second-order valence-electron chi connectivity index (χ2n) is 5.40. The van der Waals surface area contributed by atoms with Gasteiger partial charge in [-0.05, 0) is 19.4 Å². The maximum Gasteiger partial charge on any atom is 0.0234 e. The predicted molar refractivity (Wildman–Crippen MR) is 76.4 cm³/mol. The van der Waals surface area contributed by atoms with E-state index in [0.717, 1.165) is 32.7 Å². The summed E-state index contributed by atoms with van der Waals surface area (Å²) in [5.41, 5.74) is 7.38. The number of hydrogen-bond donors (Lipinski definition) is 1. The Kier molecular flexibility index (Phi) is 4.75. The summed E-state index contributed by atoms with van der Waals surface area (Å²) in [7, 11) is 0. The number of nitrogens with zero attached hydrogens (tertiary/aromatic N) is 2. The van der Waals surface area contributed by atoms with Crippen molar-refractivity contribution in [1.29, 1.82) is 0 Å². The van der Waals surface area contributed by atoms with Gasteiger partial charge in [0.2, 0.25) is 0 Å². The summed E-state index contributed by atoms with van der Waals surface area (Å²) >= 11 is 0. The zero-order chi connectivity index (χ0) is 13.0. The first-order chi connectivity index (χ1) is 8.66. The molecule has 2 atom stereocenters. The van der Waals surface area contributed by atoms with Gasteiger partial charge < -0.3 is 5.73 Å². The highest BCUT2D eigenvalue weighted by atomic mass is 15.3. The van der Waals surface area contributed by atoms with Gasteiger partial charge in [-0.15, -0.1) is 0 Å². The van der Waals surface area contributed by atoms with E-state index in [-0.39, 0.29) is 6.04 Å². The van der Waals surface area contributed by atoms with Crippen LogP contribution in [0.15, 0.2) is 30.3 Å². The molecule has 100 valence electrons. The third-order valence-electron chi connectivity index (χ3n) is 3.99. The number of rotatable bonds is 4. The van der Waals surface area contributed by atoms with Gasteiger partial charge in [0.25, 0.3) is 0 Å². The van der Waals surface area contributed by atoms with E-state index >= 15 is 0 Å². The first-order valence-electron chi connectivity index (χ1n) is 6.92. The summed E-state index contributed by atoms with van der Waals surface area (Å²) in [5.74, 6) is 0. The van der Waals surface area contributed by atoms with E-state index < -0.39 is 0 Å². The van der Waals surface area contributed by atoms with Crippen LogP contribution in [0.5, 0.6) is 0 Å². The number of benzene rings is 1. The van der Waals surface area contributed by atoms with E-state index in [1.165, 1.54) is 5.56 Å². The molecule has 1 aromatic rings. The van der Waals surface area contributed by atoms with Gasteiger partial charge in [0, 0.05) is 44.8 Å². The molecular formula is C15H25N3. The predicted octanol–water partition coefficient (Wildman–Crippen LogP) is 1.54. The number of nitrogens with two attached hydrogens (primary N) is 1. The van der Waals surface area contributed by atoms with Crippen molar-refractivity contribution in [3.8, 4) is 0 Å². The molecule has 1 fully saturated rings. The summed E-state index contributed by atoms with van der Waals surface area (Å²) in [6, 6.07) is 11.5. The normalized spacial score (nSPS) is 21.7. The Bertz CT molecular complexity index is 342. The van der Waals surface area contributed by atoms with Crippen LogP contribution in [0.4, 0.5) is 0 Å². The van der Waals surface area contributed by atoms with Crippen molar-refractivity contribution in [2.75, 3.05) is 26.2 Å². The Morgan fingerprint density at radius 2 is 1.67 bits per heavy atom. The first kappa shape index (κ1) is 13.5. The molecule has 0 spiro atoms. The molecule has 2 rings (SSSR count). The van der Waals surface area contributed by atoms with E-state index in [1.54, 1.807) is 0 Å². The molecule has 0 saturated carbocycles. The second kappa shape index (κ2) is 6.32. The maximum absolute atomic E-state index is 5.97. The van der Waals surface area contributed by atoms with Crippen LogP contribution in [-0.2, 0) is 6.54 Å². The van der Waals surface area contributed by atoms with Crippen LogP contribution in [0, 0.1) is 0 Å². The van der Waals surface area contributed by atoms with Gasteiger partial charge in [-0.1, -0.05) is 30.3 Å². The van der Waals surface area contributed by atoms with Gasteiger partial charge in [0.15, 0.2) is 0 Å². The van der Waals surface area contributed by atoms with Crippen molar-refractivity contribution in [3.05, 3.63) is 35.9 Å². The minimum atomic E-state index is 0.255. The monoisotopic (exact) mass is 247 g/mol. The van der Waals surface area contributed by atoms with Crippen molar-refractivity contribution < 1.29 is 0 Å². The van der Waals surface area contributed by atoms with Crippen molar-refractivity contribution in [1.82, 2.24) is 9.80 Å². The fourth-order valence-corrected chi connectivity index (χ4v) is 2.50. The van der Waals surface area contributed by atoms with Crippen LogP contribution >= 0.6 is 0 Å². The quantitative estimate of drug-likeness (QED) is 0.876. The van der Waals surface area contributed by atoms with Crippen LogP contribution in [-0.4, -0.2) is 48.1 Å². The van der Waals surface area contributed by atoms with Crippen LogP contribution < -0.4 is 5.73 Å². The molecule has 0 aromatic heterocycles. The molecule has 3 nitrogen and oxygen atoms in total. The summed E-state index contributed by atoms with van der Waals surface area (Å²) in [6.45, 7) is 9.96. The molecule has 0 amide bonds. The molecule has 2 N–H and O–H groups in total. The standard InChI is InChI=1S/C15H25N3/c1-13(16)14(2)18-10-8-17(9-11-18)12-15-6-4-3-5-7-15/h3-7,13-14H,8-12,16H2,1-2H3. The summed E-state index contributed by atoms with van der Waals surface area (Å²) in [5, 5.41) is 0. The van der Waals surface area contributed by atoms with E-state index in [0.29, 0.717) is 6.04 Å². The largest absolute Gasteiger partial charge is 0.327 e. The van der Waals surface area contributed by atoms with E-state index in [4.69, 9.17) is 5.73 Å². The molecule has 2 unspecified atom stereocenters. The number of piperazine rings is 1. The summed E-state index contributed by atoms with van der Waals surface area (Å²) in [4.78, 5) is 5.03. The fourth-order valence-electron chi connectivity index (χ4n) is 2.50. The van der Waals surface area contributed by atoms with E-state index in [2.05, 4.69) is 54.0 Å². The topological polar surface area (TPSA) is 32.5 Å². The number of hydrogen-bond acceptors (Lipinski definition) is 3. The molecule has 3 heteroatoms. The zero-order valence-corrected chi connectivity index (χ0v) is 11.5. The zero-order valence-electron chi connectivity index (χ0n) is 11.5. The molecule has 0 bridgehead atoms. The van der Waals surface area contributed by atoms with Crippen LogP contribution in [0.2, 0.25) is 0 Å². The van der Waals surface area contributed by atoms with Gasteiger partial charge in [-0.2, -0.15) is 0 Å². The second-order valence-corrected chi connectivity index (χ2v) is 5.40. The summed E-state index contributed by atoms with van der Waals surface area (Å²) < 4.78 is 0. The Labute approximate surface area is 111 Å². The van der Waals surface area contributed by atoms with Gasteiger partial charge >= 0.3 is 0 Å². The molecule has 18 heavy (non-hydrogen) atoms. The van der Waals surface area contributed by atoms with Crippen LogP contribution in [0.25, 0.3) is 0 Å². The highest BCUT2D eigenvalue weighted by molar-refractivity contribution is 5.14. The average Bonchev–Trinajstić information content (AvgIpc) is 2.40. The smallest absolute Gasteiger partial charge is 0.0234 e. The van der Waals surface area contributed by atoms with Gasteiger partial charge in [-0.3, -0.25) is 9.80 Å². The summed E-state index contributed by atoms with van der Waals surface area (Å²) in [6.07, 6.45) is 0. The Morgan fingerprint density at radius 3 is 2.22 bits per heavy atom. The lowest BCUT2D eigenvalue weighted by atomic mass is 10.1. The maximum atomic E-state index is 5.97. The third kappa shape index (κ3) is 3.55. The lowest BCUT2D eigenvalue weighted by molar-refractivity contribution is 0.0901. The molecule has 1 aliphatic heterocycles. The average molecular weight is 247 g/mol. The fraction of sp³-hybridized carbons (Fsp3) is 0.600. The lowest BCUT2D eigenvalue weighted by Crippen LogP contribution is -2.53. The van der Waals surface area contributed by atoms with Crippen molar-refractivity contribution in [2.24, 2.45) is 5.73 Å². The van der Waals surface area contributed by atoms with Crippen molar-refractivity contribution in [2.45, 2.75) is 32.5 Å². The molecule has 1 aliphatic rings. The molecule has 1 heterocycles. The van der Waals surface area contributed by atoms with Gasteiger partial charge in [0.05, 0.1) is 0 Å². The van der Waals surface area contributed by atoms with Crippen LogP contribution in [0.3, 0.4) is 0 Å². The Hall–Kier alpha value is -0.900. The molecular weight excluding hydrogens is 222 g/mol. The van der Waals surface area contributed by atoms with E-state index in [1.807, 2.05) is 0 Å². The minimum Gasteiger partial charge on any atom is -0.327 e. The Morgan fingerprint density at radius 1 is 1.06 bits per heavy atom. The highest BCUT2D eigenvalue weighted by Crippen LogP contribution is 2.11.